The number of rotatable bonds is 8. The molecule has 1 aromatic carbocycles. The number of nitro benzene ring substituents is 1. The van der Waals surface area contributed by atoms with Crippen molar-refractivity contribution >= 4 is 11.6 Å². The number of nitrogens with zero attached hydrogens (tertiary/aromatic N) is 1. The van der Waals surface area contributed by atoms with Crippen molar-refractivity contribution in [2.45, 2.75) is 26.8 Å². The van der Waals surface area contributed by atoms with Gasteiger partial charge in [-0.2, -0.15) is 0 Å². The van der Waals surface area contributed by atoms with E-state index in [1.807, 2.05) is 13.8 Å². The van der Waals surface area contributed by atoms with Gasteiger partial charge in [-0.25, -0.2) is 0 Å². The average Bonchev–Trinajstić information content (AvgIpc) is 2.45. The maximum absolute atomic E-state index is 12.0. The van der Waals surface area contributed by atoms with E-state index in [2.05, 4.69) is 10.6 Å². The molecule has 2 N–H and O–H groups in total. The van der Waals surface area contributed by atoms with E-state index < -0.39 is 4.92 Å². The molecule has 0 aliphatic heterocycles. The van der Waals surface area contributed by atoms with Crippen LogP contribution in [0.15, 0.2) is 18.2 Å². The lowest BCUT2D eigenvalue weighted by Gasteiger charge is -2.13. The highest BCUT2D eigenvalue weighted by atomic mass is 16.6. The van der Waals surface area contributed by atoms with Gasteiger partial charge in [0.1, 0.15) is 0 Å². The number of carbonyl (C=O) groups excluding carboxylic acids is 1. The molecule has 1 aromatic rings. The van der Waals surface area contributed by atoms with Gasteiger partial charge in [-0.3, -0.25) is 14.9 Å². The monoisotopic (exact) mass is 295 g/mol. The Labute approximate surface area is 123 Å². The summed E-state index contributed by atoms with van der Waals surface area (Å²) < 4.78 is 5.18. The Hall–Kier alpha value is -2.15. The van der Waals surface area contributed by atoms with Crippen LogP contribution < -0.4 is 15.4 Å². The third-order valence-electron chi connectivity index (χ3n) is 2.84. The summed E-state index contributed by atoms with van der Waals surface area (Å²) in [4.78, 5) is 22.4. The Morgan fingerprint density at radius 3 is 2.71 bits per heavy atom. The topological polar surface area (TPSA) is 93.5 Å². The number of hydrogen-bond acceptors (Lipinski definition) is 5. The first-order chi connectivity index (χ1) is 9.99. The minimum absolute atomic E-state index is 0.136. The molecule has 0 aromatic heterocycles. The predicted molar refractivity (Wildman–Crippen MR) is 79.7 cm³/mol. The van der Waals surface area contributed by atoms with E-state index in [9.17, 15) is 14.9 Å². The first-order valence-corrected chi connectivity index (χ1v) is 6.92. The number of nitro groups is 1. The third-order valence-corrected chi connectivity index (χ3v) is 2.84. The number of hydrogen-bond donors (Lipinski definition) is 2. The molecule has 7 heteroatoms. The lowest BCUT2D eigenvalue weighted by Crippen LogP contribution is -2.38. The summed E-state index contributed by atoms with van der Waals surface area (Å²) in [6.07, 6.45) is 0. The van der Waals surface area contributed by atoms with Gasteiger partial charge in [0.2, 0.25) is 0 Å². The molecule has 0 spiro atoms. The maximum atomic E-state index is 12.0. The smallest absolute Gasteiger partial charge is 0.311 e. The number of nitrogens with one attached hydrogen (secondary N) is 2. The molecule has 1 amide bonds. The van der Waals surface area contributed by atoms with Gasteiger partial charge in [-0.05, 0) is 32.5 Å². The molecule has 21 heavy (non-hydrogen) atoms. The fraction of sp³-hybridized carbons (Fsp3) is 0.500. The second-order valence-electron chi connectivity index (χ2n) is 4.54. The zero-order valence-corrected chi connectivity index (χ0v) is 12.5. The fourth-order valence-corrected chi connectivity index (χ4v) is 1.85. The normalized spacial score (nSPS) is 11.8. The predicted octanol–water partition coefficient (Wildman–Crippen LogP) is 1.72. The SMILES string of the molecule is CCN[C@H](C)CNC(=O)c1ccc(OCC)c([N+](=O)[O-])c1. The van der Waals surface area contributed by atoms with Crippen molar-refractivity contribution in [1.29, 1.82) is 0 Å². The molecule has 0 saturated heterocycles. The van der Waals surface area contributed by atoms with Gasteiger partial charge < -0.3 is 15.4 Å². The Balaban J connectivity index is 2.81. The van der Waals surface area contributed by atoms with Crippen LogP contribution >= 0.6 is 0 Å². The van der Waals surface area contributed by atoms with Crippen LogP contribution in [0.5, 0.6) is 5.75 Å². The van der Waals surface area contributed by atoms with Gasteiger partial charge in [0.25, 0.3) is 5.91 Å². The van der Waals surface area contributed by atoms with E-state index in [1.165, 1.54) is 18.2 Å². The molecule has 0 bridgehead atoms. The van der Waals surface area contributed by atoms with Gasteiger partial charge in [0.05, 0.1) is 11.5 Å². The van der Waals surface area contributed by atoms with Crippen molar-refractivity contribution < 1.29 is 14.5 Å². The molecule has 1 atom stereocenters. The van der Waals surface area contributed by atoms with Crippen LogP contribution in [0.3, 0.4) is 0 Å². The Morgan fingerprint density at radius 1 is 1.43 bits per heavy atom. The van der Waals surface area contributed by atoms with Crippen LogP contribution in [0.4, 0.5) is 5.69 Å². The molecule has 0 heterocycles. The zero-order valence-electron chi connectivity index (χ0n) is 12.5. The van der Waals surface area contributed by atoms with Crippen LogP contribution in [-0.4, -0.2) is 36.6 Å². The molecule has 0 saturated carbocycles. The Bertz CT molecular complexity index is 505. The summed E-state index contributed by atoms with van der Waals surface area (Å²) in [5.41, 5.74) is 0.0399. The minimum Gasteiger partial charge on any atom is -0.487 e. The average molecular weight is 295 g/mol. The lowest BCUT2D eigenvalue weighted by molar-refractivity contribution is -0.385. The van der Waals surface area contributed by atoms with Gasteiger partial charge >= 0.3 is 5.69 Å². The van der Waals surface area contributed by atoms with Crippen molar-refractivity contribution in [2.24, 2.45) is 0 Å². The van der Waals surface area contributed by atoms with Gasteiger partial charge in [0, 0.05) is 24.2 Å². The quantitative estimate of drug-likeness (QED) is 0.562. The molecule has 116 valence electrons. The Morgan fingerprint density at radius 2 is 2.14 bits per heavy atom. The highest BCUT2D eigenvalue weighted by Gasteiger charge is 2.18. The largest absolute Gasteiger partial charge is 0.487 e. The molecule has 0 aliphatic carbocycles. The number of amides is 1. The van der Waals surface area contributed by atoms with E-state index in [-0.39, 0.29) is 28.9 Å². The highest BCUT2D eigenvalue weighted by molar-refractivity contribution is 5.95. The number of likely N-dealkylation sites (N-methyl/N-ethyl adjacent to an activating group) is 1. The van der Waals surface area contributed by atoms with Crippen LogP contribution in [0.2, 0.25) is 0 Å². The number of benzene rings is 1. The highest BCUT2D eigenvalue weighted by Crippen LogP contribution is 2.27. The van der Waals surface area contributed by atoms with Crippen molar-refractivity contribution in [2.75, 3.05) is 19.7 Å². The molecule has 0 fully saturated rings. The number of carbonyl (C=O) groups is 1. The summed E-state index contributed by atoms with van der Waals surface area (Å²) >= 11 is 0. The van der Waals surface area contributed by atoms with E-state index in [4.69, 9.17) is 4.74 Å². The summed E-state index contributed by atoms with van der Waals surface area (Å²) in [5, 5.41) is 16.9. The first-order valence-electron chi connectivity index (χ1n) is 6.92. The molecular weight excluding hydrogens is 274 g/mol. The maximum Gasteiger partial charge on any atom is 0.311 e. The molecule has 7 nitrogen and oxygen atoms in total. The molecule has 0 aliphatic rings. The zero-order chi connectivity index (χ0) is 15.8. The van der Waals surface area contributed by atoms with Crippen molar-refractivity contribution in [3.63, 3.8) is 0 Å². The second kappa shape index (κ2) is 8.21. The van der Waals surface area contributed by atoms with Gasteiger partial charge in [-0.15, -0.1) is 0 Å². The van der Waals surface area contributed by atoms with Gasteiger partial charge in [-0.1, -0.05) is 6.92 Å². The summed E-state index contributed by atoms with van der Waals surface area (Å²) in [6, 6.07) is 4.34. The van der Waals surface area contributed by atoms with Crippen molar-refractivity contribution in [3.8, 4) is 5.75 Å². The van der Waals surface area contributed by atoms with Crippen molar-refractivity contribution in [1.82, 2.24) is 10.6 Å². The number of ether oxygens (including phenoxy) is 1. The standard InChI is InChI=1S/C14H21N3O4/c1-4-15-10(3)9-16-14(18)11-6-7-13(21-5-2)12(8-11)17(19)20/h6-8,10,15H,4-5,9H2,1-3H3,(H,16,18)/t10-/m1/s1. The molecule has 1 rings (SSSR count). The van der Waals surface area contributed by atoms with E-state index in [1.54, 1.807) is 6.92 Å². The molecule has 0 radical (unpaired) electrons. The summed E-state index contributed by atoms with van der Waals surface area (Å²) in [5.74, 6) is -0.175. The summed E-state index contributed by atoms with van der Waals surface area (Å²) in [7, 11) is 0. The second-order valence-corrected chi connectivity index (χ2v) is 4.54. The van der Waals surface area contributed by atoms with Crippen LogP contribution in [-0.2, 0) is 0 Å². The van der Waals surface area contributed by atoms with Gasteiger partial charge in [0.15, 0.2) is 5.75 Å². The lowest BCUT2D eigenvalue weighted by atomic mass is 10.1. The first kappa shape index (κ1) is 16.9. The Kier molecular flexibility index (Phi) is 6.61. The van der Waals surface area contributed by atoms with Crippen LogP contribution in [0.25, 0.3) is 0 Å². The van der Waals surface area contributed by atoms with Crippen molar-refractivity contribution in [3.05, 3.63) is 33.9 Å². The molecular formula is C14H21N3O4. The van der Waals surface area contributed by atoms with Crippen LogP contribution in [0.1, 0.15) is 31.1 Å². The fourth-order valence-electron chi connectivity index (χ4n) is 1.85. The van der Waals surface area contributed by atoms with E-state index >= 15 is 0 Å². The van der Waals surface area contributed by atoms with E-state index in [0.717, 1.165) is 6.54 Å². The molecule has 0 unspecified atom stereocenters. The third kappa shape index (κ3) is 5.03. The summed E-state index contributed by atoms with van der Waals surface area (Å²) in [6.45, 7) is 7.26. The van der Waals surface area contributed by atoms with Crippen LogP contribution in [0, 0.1) is 10.1 Å². The minimum atomic E-state index is -0.553. The van der Waals surface area contributed by atoms with E-state index in [0.29, 0.717) is 13.2 Å².